The van der Waals surface area contributed by atoms with Gasteiger partial charge in [0.1, 0.15) is 6.33 Å². The minimum atomic E-state index is 0.677. The average Bonchev–Trinajstić information content (AvgIpc) is 2.79. The van der Waals surface area contributed by atoms with E-state index >= 15 is 0 Å². The highest BCUT2D eigenvalue weighted by Gasteiger charge is 2.08. The molecule has 0 aliphatic carbocycles. The number of hydrogen-bond acceptors (Lipinski definition) is 3. The van der Waals surface area contributed by atoms with Gasteiger partial charge in [-0.1, -0.05) is 84.9 Å². The lowest BCUT2D eigenvalue weighted by Gasteiger charge is -2.07. The molecule has 0 aliphatic rings. The zero-order valence-electron chi connectivity index (χ0n) is 15.2. The van der Waals surface area contributed by atoms with Crippen molar-refractivity contribution in [3.8, 4) is 33.9 Å². The third-order valence-electron chi connectivity index (χ3n) is 4.81. The van der Waals surface area contributed by atoms with Crippen LogP contribution in [0.3, 0.4) is 0 Å². The van der Waals surface area contributed by atoms with Crippen LogP contribution in [0.5, 0.6) is 0 Å². The average molecular weight is 359 g/mol. The molecule has 0 bridgehead atoms. The maximum atomic E-state index is 4.68. The molecular weight excluding hydrogens is 342 g/mol. The third-order valence-corrected chi connectivity index (χ3v) is 4.81. The fraction of sp³-hybridized carbons (Fsp3) is 0. The number of nitrogens with zero attached hydrogens (tertiary/aromatic N) is 3. The lowest BCUT2D eigenvalue weighted by atomic mass is 9.99. The molecule has 0 radical (unpaired) electrons. The number of aromatic nitrogens is 3. The molecule has 0 saturated heterocycles. The quantitative estimate of drug-likeness (QED) is 0.395. The van der Waals surface area contributed by atoms with Crippen LogP contribution in [0.25, 0.3) is 44.7 Å². The van der Waals surface area contributed by atoms with Gasteiger partial charge < -0.3 is 0 Å². The molecule has 5 aromatic rings. The van der Waals surface area contributed by atoms with E-state index in [9.17, 15) is 0 Å². The van der Waals surface area contributed by atoms with Gasteiger partial charge in [0.15, 0.2) is 11.6 Å². The summed E-state index contributed by atoms with van der Waals surface area (Å²) in [5.74, 6) is 1.36. The molecular formula is C25H17N3. The first-order valence-electron chi connectivity index (χ1n) is 9.21. The Bertz CT molecular complexity index is 1260. The van der Waals surface area contributed by atoms with Gasteiger partial charge in [-0.25, -0.2) is 15.0 Å². The molecule has 4 aromatic carbocycles. The summed E-state index contributed by atoms with van der Waals surface area (Å²) >= 11 is 0. The lowest BCUT2D eigenvalue weighted by Crippen LogP contribution is -1.95. The standard InChI is InChI=1S/C25H17N3/c1-2-8-19(9-3-1)24-26-17-27-25(28-24)23-12-6-11-21(16-23)22-14-13-18-7-4-5-10-20(18)15-22/h1-17H. The second-order valence-electron chi connectivity index (χ2n) is 6.64. The summed E-state index contributed by atoms with van der Waals surface area (Å²) < 4.78 is 0. The Morgan fingerprint density at radius 1 is 0.429 bits per heavy atom. The predicted octanol–water partition coefficient (Wildman–Crippen LogP) is 6.03. The molecule has 28 heavy (non-hydrogen) atoms. The second kappa shape index (κ2) is 7.05. The summed E-state index contributed by atoms with van der Waals surface area (Å²) in [5.41, 5.74) is 4.28. The second-order valence-corrected chi connectivity index (χ2v) is 6.64. The Morgan fingerprint density at radius 3 is 1.93 bits per heavy atom. The number of fused-ring (bicyclic) bond motifs is 1. The van der Waals surface area contributed by atoms with Crippen molar-refractivity contribution >= 4 is 10.8 Å². The molecule has 0 unspecified atom stereocenters. The maximum absolute atomic E-state index is 4.68. The summed E-state index contributed by atoms with van der Waals surface area (Å²) in [7, 11) is 0. The van der Waals surface area contributed by atoms with Crippen LogP contribution in [-0.4, -0.2) is 15.0 Å². The SMILES string of the molecule is c1ccc(-c2ncnc(-c3cccc(-c4ccc5ccccc5c4)c3)n2)cc1. The highest BCUT2D eigenvalue weighted by molar-refractivity contribution is 5.87. The van der Waals surface area contributed by atoms with Crippen molar-refractivity contribution < 1.29 is 0 Å². The summed E-state index contributed by atoms with van der Waals surface area (Å²) in [4.78, 5) is 13.4. The van der Waals surface area contributed by atoms with Crippen molar-refractivity contribution in [2.75, 3.05) is 0 Å². The monoisotopic (exact) mass is 359 g/mol. The van der Waals surface area contributed by atoms with Crippen molar-refractivity contribution in [1.29, 1.82) is 0 Å². The van der Waals surface area contributed by atoms with Crippen molar-refractivity contribution in [3.05, 3.63) is 103 Å². The molecule has 0 aliphatic heterocycles. The van der Waals surface area contributed by atoms with Crippen molar-refractivity contribution in [1.82, 2.24) is 15.0 Å². The number of hydrogen-bond donors (Lipinski definition) is 0. The van der Waals surface area contributed by atoms with Gasteiger partial charge in [0.25, 0.3) is 0 Å². The summed E-state index contributed by atoms with van der Waals surface area (Å²) in [5, 5.41) is 2.48. The van der Waals surface area contributed by atoms with Crippen LogP contribution in [0.1, 0.15) is 0 Å². The first kappa shape index (κ1) is 16.3. The Balaban J connectivity index is 1.55. The van der Waals surface area contributed by atoms with Crippen LogP contribution in [0.4, 0.5) is 0 Å². The van der Waals surface area contributed by atoms with Gasteiger partial charge in [-0.05, 0) is 34.0 Å². The van der Waals surface area contributed by atoms with E-state index < -0.39 is 0 Å². The van der Waals surface area contributed by atoms with Crippen LogP contribution in [0, 0.1) is 0 Å². The van der Waals surface area contributed by atoms with Gasteiger partial charge in [-0.3, -0.25) is 0 Å². The molecule has 1 aromatic heterocycles. The van der Waals surface area contributed by atoms with E-state index in [1.807, 2.05) is 42.5 Å². The number of rotatable bonds is 3. The van der Waals surface area contributed by atoms with E-state index in [4.69, 9.17) is 0 Å². The van der Waals surface area contributed by atoms with E-state index in [-0.39, 0.29) is 0 Å². The first-order valence-corrected chi connectivity index (χ1v) is 9.21. The van der Waals surface area contributed by atoms with Gasteiger partial charge in [0.2, 0.25) is 0 Å². The Hall–Kier alpha value is -3.85. The van der Waals surface area contributed by atoms with Gasteiger partial charge in [-0.2, -0.15) is 0 Å². The van der Waals surface area contributed by atoms with Gasteiger partial charge in [0.05, 0.1) is 0 Å². The minimum Gasteiger partial charge on any atom is -0.217 e. The normalized spacial score (nSPS) is 10.9. The number of benzene rings is 4. The molecule has 0 N–H and O–H groups in total. The predicted molar refractivity (Wildman–Crippen MR) is 114 cm³/mol. The van der Waals surface area contributed by atoms with E-state index in [1.165, 1.54) is 16.3 Å². The highest BCUT2D eigenvalue weighted by Crippen LogP contribution is 2.28. The molecule has 1 heterocycles. The van der Waals surface area contributed by atoms with Gasteiger partial charge in [0, 0.05) is 11.1 Å². The van der Waals surface area contributed by atoms with Crippen LogP contribution in [0.15, 0.2) is 103 Å². The molecule has 0 spiro atoms. The maximum Gasteiger partial charge on any atom is 0.163 e. The first-order chi connectivity index (χ1) is 13.9. The zero-order chi connectivity index (χ0) is 18.8. The molecule has 5 rings (SSSR count). The van der Waals surface area contributed by atoms with Crippen LogP contribution in [0.2, 0.25) is 0 Å². The van der Waals surface area contributed by atoms with E-state index in [0.29, 0.717) is 11.6 Å². The van der Waals surface area contributed by atoms with Crippen molar-refractivity contribution in [2.24, 2.45) is 0 Å². The highest BCUT2D eigenvalue weighted by atomic mass is 15.0. The summed E-state index contributed by atoms with van der Waals surface area (Å²) in [6, 6.07) is 33.2. The topological polar surface area (TPSA) is 38.7 Å². The third kappa shape index (κ3) is 3.14. The van der Waals surface area contributed by atoms with Gasteiger partial charge in [-0.15, -0.1) is 0 Å². The van der Waals surface area contributed by atoms with Crippen LogP contribution < -0.4 is 0 Å². The lowest BCUT2D eigenvalue weighted by molar-refractivity contribution is 1.07. The molecule has 0 fully saturated rings. The van der Waals surface area contributed by atoms with Crippen molar-refractivity contribution in [3.63, 3.8) is 0 Å². The molecule has 3 nitrogen and oxygen atoms in total. The van der Waals surface area contributed by atoms with Crippen molar-refractivity contribution in [2.45, 2.75) is 0 Å². The van der Waals surface area contributed by atoms with Gasteiger partial charge >= 0.3 is 0 Å². The summed E-state index contributed by atoms with van der Waals surface area (Å²) in [6.45, 7) is 0. The van der Waals surface area contributed by atoms with Crippen LogP contribution in [-0.2, 0) is 0 Å². The van der Waals surface area contributed by atoms with E-state index in [2.05, 4.69) is 69.5 Å². The molecule has 0 saturated carbocycles. The largest absolute Gasteiger partial charge is 0.217 e. The fourth-order valence-corrected chi connectivity index (χ4v) is 3.37. The Kier molecular flexibility index (Phi) is 4.11. The summed E-state index contributed by atoms with van der Waals surface area (Å²) in [6.07, 6.45) is 1.58. The van der Waals surface area contributed by atoms with E-state index in [1.54, 1.807) is 6.33 Å². The van der Waals surface area contributed by atoms with E-state index in [0.717, 1.165) is 16.7 Å². The Labute approximate surface area is 163 Å². The molecule has 3 heteroatoms. The molecule has 132 valence electrons. The molecule has 0 atom stereocenters. The Morgan fingerprint density at radius 2 is 1.07 bits per heavy atom. The minimum absolute atomic E-state index is 0.677. The zero-order valence-corrected chi connectivity index (χ0v) is 15.2. The smallest absolute Gasteiger partial charge is 0.163 e. The fourth-order valence-electron chi connectivity index (χ4n) is 3.37. The van der Waals surface area contributed by atoms with Crippen LogP contribution >= 0.6 is 0 Å². The molecule has 0 amide bonds.